The number of nitrogens with one attached hydrogen (secondary N) is 1. The summed E-state index contributed by atoms with van der Waals surface area (Å²) in [5.74, 6) is -2.73. The average molecular weight is 438 g/mol. The number of carboxylic acid groups (broad SMARTS) is 1. The van der Waals surface area contributed by atoms with Crippen LogP contribution in [0.4, 0.5) is 4.79 Å². The number of ether oxygens (including phenoxy) is 1. The van der Waals surface area contributed by atoms with Gasteiger partial charge in [0.05, 0.1) is 23.5 Å². The number of aliphatic carboxylic acids is 1. The second kappa shape index (κ2) is 9.64. The fourth-order valence-corrected chi connectivity index (χ4v) is 3.69. The summed E-state index contributed by atoms with van der Waals surface area (Å²) in [5.41, 5.74) is 1.29. The van der Waals surface area contributed by atoms with Crippen LogP contribution in [-0.4, -0.2) is 45.6 Å². The van der Waals surface area contributed by atoms with Gasteiger partial charge in [-0.05, 0) is 18.1 Å². The van der Waals surface area contributed by atoms with Crippen LogP contribution in [0.3, 0.4) is 0 Å². The van der Waals surface area contributed by atoms with E-state index < -0.39 is 48.2 Å². The van der Waals surface area contributed by atoms with E-state index in [0.29, 0.717) is 11.0 Å². The van der Waals surface area contributed by atoms with Gasteiger partial charge < -0.3 is 15.2 Å². The quantitative estimate of drug-likeness (QED) is 0.554. The lowest BCUT2D eigenvalue weighted by Gasteiger charge is -2.24. The summed E-state index contributed by atoms with van der Waals surface area (Å²) in [4.78, 5) is 49.3. The number of para-hydroxylation sites is 2. The predicted octanol–water partition coefficient (Wildman–Crippen LogP) is 3.74. The van der Waals surface area contributed by atoms with Gasteiger partial charge in [-0.25, -0.2) is 9.36 Å². The van der Waals surface area contributed by atoms with Crippen LogP contribution in [0.25, 0.3) is 21.8 Å². The standard InChI is InChI=1S/C24H26N2O6/c1-4-20(27)17(13-21(28)29)25-23(30)22(14(2)3)32-24(31)26-18-11-7-5-9-15(18)16-10-6-8-12-19(16)26/h5-12,14,17,22H,4,13H2,1-3H3,(H,25,30)(H,28,29). The molecule has 2 atom stereocenters. The first kappa shape index (κ1) is 23.0. The molecular weight excluding hydrogens is 412 g/mol. The zero-order valence-electron chi connectivity index (χ0n) is 18.2. The van der Waals surface area contributed by atoms with Crippen molar-refractivity contribution in [3.05, 3.63) is 48.5 Å². The number of carbonyl (C=O) groups excluding carboxylic acids is 3. The van der Waals surface area contributed by atoms with E-state index in [-0.39, 0.29) is 6.42 Å². The molecule has 0 saturated carbocycles. The summed E-state index contributed by atoms with van der Waals surface area (Å²) >= 11 is 0. The molecule has 0 fully saturated rings. The monoisotopic (exact) mass is 438 g/mol. The molecule has 1 aromatic heterocycles. The van der Waals surface area contributed by atoms with E-state index >= 15 is 0 Å². The first-order valence-corrected chi connectivity index (χ1v) is 10.5. The number of ketones is 1. The molecule has 1 amide bonds. The summed E-state index contributed by atoms with van der Waals surface area (Å²) in [7, 11) is 0. The smallest absolute Gasteiger partial charge is 0.419 e. The van der Waals surface area contributed by atoms with Gasteiger partial charge in [0, 0.05) is 17.2 Å². The maximum Gasteiger partial charge on any atom is 0.419 e. The van der Waals surface area contributed by atoms with Gasteiger partial charge >= 0.3 is 12.1 Å². The Hall–Kier alpha value is -3.68. The summed E-state index contributed by atoms with van der Waals surface area (Å²) in [6, 6.07) is 13.6. The molecule has 2 unspecified atom stereocenters. The highest BCUT2D eigenvalue weighted by atomic mass is 16.6. The number of hydrogen-bond donors (Lipinski definition) is 2. The molecular formula is C24H26N2O6. The number of hydrogen-bond acceptors (Lipinski definition) is 5. The summed E-state index contributed by atoms with van der Waals surface area (Å²) < 4.78 is 7.02. The molecule has 8 heteroatoms. The Bertz CT molecular complexity index is 1130. The van der Waals surface area contributed by atoms with Gasteiger partial charge in [0.1, 0.15) is 0 Å². The van der Waals surface area contributed by atoms with Crippen LogP contribution >= 0.6 is 0 Å². The molecule has 0 aliphatic heterocycles. The lowest BCUT2D eigenvalue weighted by atomic mass is 10.0. The summed E-state index contributed by atoms with van der Waals surface area (Å²) in [6.45, 7) is 5.00. The lowest BCUT2D eigenvalue weighted by Crippen LogP contribution is -2.49. The zero-order chi connectivity index (χ0) is 23.4. The fourth-order valence-electron chi connectivity index (χ4n) is 3.69. The molecule has 8 nitrogen and oxygen atoms in total. The molecule has 0 bridgehead atoms. The molecule has 0 spiro atoms. The molecule has 0 radical (unpaired) electrons. The first-order valence-electron chi connectivity index (χ1n) is 10.5. The number of nitrogens with zero attached hydrogens (tertiary/aromatic N) is 1. The molecule has 3 aromatic rings. The molecule has 2 aromatic carbocycles. The topological polar surface area (TPSA) is 115 Å². The average Bonchev–Trinajstić information content (AvgIpc) is 3.10. The van der Waals surface area contributed by atoms with Crippen molar-refractivity contribution in [2.24, 2.45) is 5.92 Å². The fraction of sp³-hybridized carbons (Fsp3) is 0.333. The third-order valence-corrected chi connectivity index (χ3v) is 5.29. The Balaban J connectivity index is 1.91. The van der Waals surface area contributed by atoms with Crippen molar-refractivity contribution in [3.8, 4) is 0 Å². The first-order chi connectivity index (χ1) is 15.2. The van der Waals surface area contributed by atoms with Crippen LogP contribution < -0.4 is 5.32 Å². The summed E-state index contributed by atoms with van der Waals surface area (Å²) in [6.07, 6.45) is -2.40. The largest absolute Gasteiger partial charge is 0.481 e. The number of carbonyl (C=O) groups is 4. The van der Waals surface area contributed by atoms with E-state index in [9.17, 15) is 19.2 Å². The molecule has 0 aliphatic carbocycles. The normalized spacial score (nSPS) is 13.1. The third kappa shape index (κ3) is 4.64. The molecule has 32 heavy (non-hydrogen) atoms. The van der Waals surface area contributed by atoms with Crippen LogP contribution in [0.5, 0.6) is 0 Å². The second-order valence-electron chi connectivity index (χ2n) is 7.90. The van der Waals surface area contributed by atoms with Crippen molar-refractivity contribution >= 4 is 45.6 Å². The Morgan fingerprint density at radius 1 is 0.969 bits per heavy atom. The van der Waals surface area contributed by atoms with Crippen LogP contribution in [0.1, 0.15) is 33.6 Å². The Morgan fingerprint density at radius 3 is 1.97 bits per heavy atom. The molecule has 1 heterocycles. The Labute approximate surface area is 185 Å². The number of Topliss-reactive ketones (excluding diaryl/α,β-unsaturated/α-hetero) is 1. The highest BCUT2D eigenvalue weighted by Crippen LogP contribution is 2.29. The molecule has 2 N–H and O–H groups in total. The molecule has 0 saturated heterocycles. The number of rotatable bonds is 8. The SMILES string of the molecule is CCC(=O)C(CC(=O)O)NC(=O)C(OC(=O)n1c2ccccc2c2ccccc21)C(C)C. The minimum Gasteiger partial charge on any atom is -0.481 e. The number of benzene rings is 2. The van der Waals surface area contributed by atoms with Gasteiger partial charge in [-0.1, -0.05) is 57.2 Å². The molecule has 168 valence electrons. The Morgan fingerprint density at radius 2 is 1.50 bits per heavy atom. The predicted molar refractivity (Wildman–Crippen MR) is 119 cm³/mol. The highest BCUT2D eigenvalue weighted by Gasteiger charge is 2.32. The maximum absolute atomic E-state index is 13.2. The zero-order valence-corrected chi connectivity index (χ0v) is 18.2. The number of amides is 1. The second-order valence-corrected chi connectivity index (χ2v) is 7.90. The van der Waals surface area contributed by atoms with E-state index in [1.165, 1.54) is 4.57 Å². The number of carboxylic acids is 1. The summed E-state index contributed by atoms with van der Waals surface area (Å²) in [5, 5.41) is 13.3. The van der Waals surface area contributed by atoms with Crippen molar-refractivity contribution < 1.29 is 29.0 Å². The van der Waals surface area contributed by atoms with E-state index in [0.717, 1.165) is 10.8 Å². The van der Waals surface area contributed by atoms with E-state index in [4.69, 9.17) is 9.84 Å². The van der Waals surface area contributed by atoms with Crippen LogP contribution in [0, 0.1) is 5.92 Å². The number of fused-ring (bicyclic) bond motifs is 3. The lowest BCUT2D eigenvalue weighted by molar-refractivity contribution is -0.141. The van der Waals surface area contributed by atoms with Crippen molar-refractivity contribution in [2.75, 3.05) is 0 Å². The maximum atomic E-state index is 13.2. The minimum atomic E-state index is -1.21. The van der Waals surface area contributed by atoms with Gasteiger partial charge in [-0.2, -0.15) is 0 Å². The number of aromatic nitrogens is 1. The van der Waals surface area contributed by atoms with Crippen LogP contribution in [-0.2, 0) is 19.1 Å². The van der Waals surface area contributed by atoms with E-state index in [1.807, 2.05) is 36.4 Å². The van der Waals surface area contributed by atoms with Crippen LogP contribution in [0.2, 0.25) is 0 Å². The van der Waals surface area contributed by atoms with Crippen molar-refractivity contribution in [3.63, 3.8) is 0 Å². The van der Waals surface area contributed by atoms with Crippen molar-refractivity contribution in [1.29, 1.82) is 0 Å². The third-order valence-electron chi connectivity index (χ3n) is 5.29. The van der Waals surface area contributed by atoms with Crippen molar-refractivity contribution in [1.82, 2.24) is 9.88 Å². The van der Waals surface area contributed by atoms with Gasteiger partial charge in [-0.3, -0.25) is 14.4 Å². The van der Waals surface area contributed by atoms with Gasteiger partial charge in [0.15, 0.2) is 11.9 Å². The van der Waals surface area contributed by atoms with Gasteiger partial charge in [0.25, 0.3) is 5.91 Å². The highest BCUT2D eigenvalue weighted by molar-refractivity contribution is 6.12. The van der Waals surface area contributed by atoms with E-state index in [1.54, 1.807) is 32.9 Å². The molecule has 0 aliphatic rings. The van der Waals surface area contributed by atoms with Crippen LogP contribution in [0.15, 0.2) is 48.5 Å². The Kier molecular flexibility index (Phi) is 6.92. The minimum absolute atomic E-state index is 0.0751. The molecule has 3 rings (SSSR count). The van der Waals surface area contributed by atoms with Crippen molar-refractivity contribution in [2.45, 2.75) is 45.8 Å². The van der Waals surface area contributed by atoms with Gasteiger partial charge in [-0.15, -0.1) is 0 Å². The van der Waals surface area contributed by atoms with Gasteiger partial charge in [0.2, 0.25) is 0 Å². The van der Waals surface area contributed by atoms with E-state index in [2.05, 4.69) is 5.32 Å².